The molecule has 2 fully saturated rings. The number of hydrogen-bond donors (Lipinski definition) is 2. The van der Waals surface area contributed by atoms with E-state index in [4.69, 9.17) is 0 Å². The molecule has 0 radical (unpaired) electrons. The van der Waals surface area contributed by atoms with Gasteiger partial charge in [0, 0.05) is 69.0 Å². The molecule has 2 heterocycles. The molecule has 9 heteroatoms. The predicted octanol–water partition coefficient (Wildman–Crippen LogP) is 4.38. The van der Waals surface area contributed by atoms with E-state index in [0.29, 0.717) is 61.6 Å². The number of carbonyl (C=O) groups is 3. The van der Waals surface area contributed by atoms with Gasteiger partial charge in [-0.25, -0.2) is 4.39 Å². The van der Waals surface area contributed by atoms with E-state index >= 15 is 0 Å². The van der Waals surface area contributed by atoms with Crippen molar-refractivity contribution in [1.82, 2.24) is 15.1 Å². The zero-order valence-electron chi connectivity index (χ0n) is 24.5. The van der Waals surface area contributed by atoms with E-state index in [1.165, 1.54) is 18.2 Å². The van der Waals surface area contributed by atoms with Crippen LogP contribution in [0.4, 0.5) is 15.8 Å². The summed E-state index contributed by atoms with van der Waals surface area (Å²) in [5, 5.41) is 6.32. The Morgan fingerprint density at radius 2 is 1.33 bits per heavy atom. The fraction of sp³-hybridized carbons (Fsp3) is 0.364. The first-order valence-electron chi connectivity index (χ1n) is 14.5. The Morgan fingerprint density at radius 3 is 1.95 bits per heavy atom. The number of halogens is 1. The summed E-state index contributed by atoms with van der Waals surface area (Å²) in [6.45, 7) is 11.1. The second kappa shape index (κ2) is 12.3. The molecule has 220 valence electrons. The molecule has 0 aromatic heterocycles. The van der Waals surface area contributed by atoms with Gasteiger partial charge >= 0.3 is 0 Å². The van der Waals surface area contributed by atoms with Crippen molar-refractivity contribution in [2.24, 2.45) is 0 Å². The number of nitrogens with zero attached hydrogens (tertiary/aromatic N) is 3. The highest BCUT2D eigenvalue weighted by atomic mass is 19.1. The molecule has 0 spiro atoms. The lowest BCUT2D eigenvalue weighted by Gasteiger charge is -2.37. The Morgan fingerprint density at radius 1 is 0.738 bits per heavy atom. The van der Waals surface area contributed by atoms with Gasteiger partial charge in [0.25, 0.3) is 17.7 Å². The van der Waals surface area contributed by atoms with Crippen LogP contribution in [0.2, 0.25) is 0 Å². The van der Waals surface area contributed by atoms with E-state index in [-0.39, 0.29) is 23.1 Å². The largest absolute Gasteiger partial charge is 0.366 e. The quantitative estimate of drug-likeness (QED) is 0.475. The molecule has 0 saturated carbocycles. The van der Waals surface area contributed by atoms with Crippen LogP contribution in [0.5, 0.6) is 0 Å². The second-order valence-electron chi connectivity index (χ2n) is 11.8. The molecule has 3 aromatic rings. The Labute approximate surface area is 246 Å². The average Bonchev–Trinajstić information content (AvgIpc) is 3.00. The molecule has 0 aliphatic carbocycles. The van der Waals surface area contributed by atoms with Crippen LogP contribution in [0, 0.1) is 5.82 Å². The van der Waals surface area contributed by atoms with Gasteiger partial charge in [-0.3, -0.25) is 14.4 Å². The zero-order chi connectivity index (χ0) is 29.9. The number of benzene rings is 3. The summed E-state index contributed by atoms with van der Waals surface area (Å²) in [7, 11) is 0. The van der Waals surface area contributed by atoms with Gasteiger partial charge in [-0.05, 0) is 59.5 Å². The molecule has 3 amide bonds. The molecule has 0 atom stereocenters. The number of carbonyl (C=O) groups excluding carboxylic acids is 3. The summed E-state index contributed by atoms with van der Waals surface area (Å²) in [6, 6.07) is 18.7. The maximum absolute atomic E-state index is 13.7. The van der Waals surface area contributed by atoms with Gasteiger partial charge in [0.05, 0.1) is 11.4 Å². The average molecular weight is 572 g/mol. The fourth-order valence-corrected chi connectivity index (χ4v) is 5.37. The summed E-state index contributed by atoms with van der Waals surface area (Å²) in [4.78, 5) is 45.3. The molecule has 2 aliphatic heterocycles. The minimum Gasteiger partial charge on any atom is -0.366 e. The third kappa shape index (κ3) is 6.62. The minimum absolute atomic E-state index is 0.0287. The lowest BCUT2D eigenvalue weighted by molar-refractivity contribution is 0.0731. The maximum Gasteiger partial charge on any atom is 0.255 e. The third-order valence-corrected chi connectivity index (χ3v) is 7.89. The van der Waals surface area contributed by atoms with Crippen LogP contribution in [0.15, 0.2) is 66.7 Å². The number of piperazine rings is 2. The van der Waals surface area contributed by atoms with Crippen molar-refractivity contribution >= 4 is 29.1 Å². The Hall–Kier alpha value is -4.24. The number of hydrogen-bond acceptors (Lipinski definition) is 5. The smallest absolute Gasteiger partial charge is 0.255 e. The highest BCUT2D eigenvalue weighted by Gasteiger charge is 2.26. The van der Waals surface area contributed by atoms with Crippen LogP contribution in [0.3, 0.4) is 0 Å². The first kappa shape index (κ1) is 29.3. The molecule has 0 bridgehead atoms. The van der Waals surface area contributed by atoms with Crippen LogP contribution >= 0.6 is 0 Å². The molecular weight excluding hydrogens is 533 g/mol. The topological polar surface area (TPSA) is 85.0 Å². The van der Waals surface area contributed by atoms with Crippen LogP contribution in [-0.2, 0) is 5.41 Å². The molecule has 5 rings (SSSR count). The molecule has 2 N–H and O–H groups in total. The van der Waals surface area contributed by atoms with Crippen molar-refractivity contribution in [2.75, 3.05) is 62.6 Å². The van der Waals surface area contributed by atoms with E-state index in [1.807, 2.05) is 35.2 Å². The molecule has 3 aromatic carbocycles. The molecule has 2 aliphatic rings. The van der Waals surface area contributed by atoms with Gasteiger partial charge in [0.1, 0.15) is 5.82 Å². The van der Waals surface area contributed by atoms with E-state index < -0.39 is 5.82 Å². The number of rotatable bonds is 5. The maximum atomic E-state index is 13.7. The van der Waals surface area contributed by atoms with Gasteiger partial charge in [-0.2, -0.15) is 0 Å². The molecule has 42 heavy (non-hydrogen) atoms. The summed E-state index contributed by atoms with van der Waals surface area (Å²) in [6.07, 6.45) is 0. The predicted molar refractivity (Wildman–Crippen MR) is 163 cm³/mol. The van der Waals surface area contributed by atoms with E-state index in [1.54, 1.807) is 23.1 Å². The Balaban J connectivity index is 1.37. The monoisotopic (exact) mass is 571 g/mol. The van der Waals surface area contributed by atoms with Gasteiger partial charge in [-0.15, -0.1) is 0 Å². The SMILES string of the molecule is CC(C)(C)c1ccc(C(=O)Nc2cc(C(=O)N3CCNCC3)ccc2N2CCN(C(=O)c3cccc(F)c3)CC2)cc1. The lowest BCUT2D eigenvalue weighted by atomic mass is 9.86. The van der Waals surface area contributed by atoms with Crippen molar-refractivity contribution in [3.8, 4) is 0 Å². The van der Waals surface area contributed by atoms with Gasteiger partial charge in [0.15, 0.2) is 0 Å². The number of amides is 3. The highest BCUT2D eigenvalue weighted by Crippen LogP contribution is 2.30. The summed E-state index contributed by atoms with van der Waals surface area (Å²) >= 11 is 0. The van der Waals surface area contributed by atoms with E-state index in [0.717, 1.165) is 24.3 Å². The van der Waals surface area contributed by atoms with E-state index in [2.05, 4.69) is 36.3 Å². The van der Waals surface area contributed by atoms with Gasteiger partial charge in [0.2, 0.25) is 0 Å². The van der Waals surface area contributed by atoms with E-state index in [9.17, 15) is 18.8 Å². The van der Waals surface area contributed by atoms with Crippen LogP contribution < -0.4 is 15.5 Å². The number of nitrogens with one attached hydrogen (secondary N) is 2. The molecule has 2 saturated heterocycles. The van der Waals surface area contributed by atoms with Crippen LogP contribution in [0.25, 0.3) is 0 Å². The third-order valence-electron chi connectivity index (χ3n) is 7.89. The number of anilines is 2. The van der Waals surface area contributed by atoms with Gasteiger partial charge in [-0.1, -0.05) is 39.0 Å². The van der Waals surface area contributed by atoms with Crippen LogP contribution in [0.1, 0.15) is 57.4 Å². The first-order chi connectivity index (χ1) is 20.1. The van der Waals surface area contributed by atoms with Crippen molar-refractivity contribution in [1.29, 1.82) is 0 Å². The van der Waals surface area contributed by atoms with Crippen molar-refractivity contribution in [3.05, 3.63) is 94.8 Å². The summed E-state index contributed by atoms with van der Waals surface area (Å²) in [5.74, 6) is -0.983. The first-order valence-corrected chi connectivity index (χ1v) is 14.5. The standard InChI is InChI=1S/C33H38FN5O3/c1-33(2,3)26-10-7-23(8-11-26)30(40)36-28-22-25(32(42)38-15-13-35-14-16-38)9-12-29(28)37-17-19-39(20-18-37)31(41)24-5-4-6-27(34)21-24/h4-12,21-22,35H,13-20H2,1-3H3,(H,36,40). The van der Waals surface area contributed by atoms with Gasteiger partial charge < -0.3 is 25.3 Å². The molecule has 8 nitrogen and oxygen atoms in total. The molecule has 0 unspecified atom stereocenters. The highest BCUT2D eigenvalue weighted by molar-refractivity contribution is 6.07. The second-order valence-corrected chi connectivity index (χ2v) is 11.8. The zero-order valence-corrected chi connectivity index (χ0v) is 24.5. The molecular formula is C33H38FN5O3. The summed E-state index contributed by atoms with van der Waals surface area (Å²) in [5.41, 5.74) is 3.80. The fourth-order valence-electron chi connectivity index (χ4n) is 5.37. The minimum atomic E-state index is -0.441. The van der Waals surface area contributed by atoms with Crippen molar-refractivity contribution < 1.29 is 18.8 Å². The lowest BCUT2D eigenvalue weighted by Crippen LogP contribution is -2.49. The summed E-state index contributed by atoms with van der Waals surface area (Å²) < 4.78 is 13.7. The Bertz CT molecular complexity index is 1450. The van der Waals surface area contributed by atoms with Crippen molar-refractivity contribution in [3.63, 3.8) is 0 Å². The van der Waals surface area contributed by atoms with Crippen LogP contribution in [-0.4, -0.2) is 79.9 Å². The normalized spacial score (nSPS) is 15.9. The Kier molecular flexibility index (Phi) is 8.59. The van der Waals surface area contributed by atoms with Crippen molar-refractivity contribution in [2.45, 2.75) is 26.2 Å².